The minimum atomic E-state index is 0. The molecule has 0 unspecified atom stereocenters. The monoisotopic (exact) mass is 263 g/mol. The number of nitrogens with one attached hydrogen (secondary N) is 2. The Hall–Kier alpha value is -0.320. The van der Waals surface area contributed by atoms with Gasteiger partial charge in [-0.25, -0.2) is 0 Å². The highest BCUT2D eigenvalue weighted by atomic mass is 35.5. The van der Waals surface area contributed by atoms with Gasteiger partial charge in [0.05, 0.1) is 6.54 Å². The van der Waals surface area contributed by atoms with Crippen molar-refractivity contribution in [1.82, 2.24) is 15.5 Å². The van der Waals surface area contributed by atoms with Crippen LogP contribution < -0.4 is 10.6 Å². The Morgan fingerprint density at radius 2 is 1.82 bits per heavy atom. The molecule has 0 aromatic heterocycles. The number of halogens is 1. The summed E-state index contributed by atoms with van der Waals surface area (Å²) in [6.07, 6.45) is 3.92. The molecule has 1 amide bonds. The summed E-state index contributed by atoms with van der Waals surface area (Å²) in [7, 11) is 1.79. The molecule has 0 saturated carbocycles. The maximum absolute atomic E-state index is 11.4. The highest BCUT2D eigenvalue weighted by Gasteiger charge is 2.27. The number of nitrogens with zero attached hydrogens (tertiary/aromatic N) is 1. The van der Waals surface area contributed by atoms with E-state index in [0.29, 0.717) is 6.54 Å². The second-order valence-corrected chi connectivity index (χ2v) is 5.17. The number of carbonyl (C=O) groups is 1. The van der Waals surface area contributed by atoms with E-state index in [4.69, 9.17) is 0 Å². The number of likely N-dealkylation sites (tertiary alicyclic amines) is 1. The zero-order valence-corrected chi connectivity index (χ0v) is 12.0. The van der Waals surface area contributed by atoms with Crippen LogP contribution in [0.5, 0.6) is 0 Å². The molecule has 1 aliphatic rings. The Morgan fingerprint density at radius 1 is 1.24 bits per heavy atom. The van der Waals surface area contributed by atoms with Crippen LogP contribution in [0.3, 0.4) is 0 Å². The van der Waals surface area contributed by atoms with Crippen molar-refractivity contribution in [2.75, 3.05) is 33.2 Å². The molecule has 0 bridgehead atoms. The number of hydrogen-bond acceptors (Lipinski definition) is 3. The fourth-order valence-electron chi connectivity index (χ4n) is 2.15. The largest absolute Gasteiger partial charge is 0.353 e. The van der Waals surface area contributed by atoms with E-state index in [9.17, 15) is 4.79 Å². The van der Waals surface area contributed by atoms with Crippen molar-refractivity contribution >= 4 is 18.3 Å². The summed E-state index contributed by atoms with van der Waals surface area (Å²) in [5.74, 6) is 0.0765. The van der Waals surface area contributed by atoms with E-state index in [0.717, 1.165) is 19.6 Å². The van der Waals surface area contributed by atoms with Crippen LogP contribution in [0.15, 0.2) is 0 Å². The Labute approximate surface area is 111 Å². The summed E-state index contributed by atoms with van der Waals surface area (Å²) < 4.78 is 0. The molecule has 2 N–H and O–H groups in total. The SMILES string of the molecule is CNCC(=O)NCC(C)(C)N1CCCCC1.Cl. The van der Waals surface area contributed by atoms with Crippen molar-refractivity contribution in [3.63, 3.8) is 0 Å². The van der Waals surface area contributed by atoms with E-state index < -0.39 is 0 Å². The third kappa shape index (κ3) is 5.70. The smallest absolute Gasteiger partial charge is 0.234 e. The first-order chi connectivity index (χ1) is 7.56. The van der Waals surface area contributed by atoms with Gasteiger partial charge in [0.1, 0.15) is 0 Å². The van der Waals surface area contributed by atoms with Gasteiger partial charge in [-0.1, -0.05) is 6.42 Å². The van der Waals surface area contributed by atoms with Crippen molar-refractivity contribution in [2.45, 2.75) is 38.6 Å². The number of hydrogen-bond donors (Lipinski definition) is 2. The quantitative estimate of drug-likeness (QED) is 0.778. The second kappa shape index (κ2) is 7.90. The molecule has 5 heteroatoms. The molecule has 1 heterocycles. The topological polar surface area (TPSA) is 44.4 Å². The summed E-state index contributed by atoms with van der Waals surface area (Å²) in [5, 5.41) is 5.84. The summed E-state index contributed by atoms with van der Waals surface area (Å²) in [6, 6.07) is 0. The normalized spacial score (nSPS) is 17.4. The molecule has 0 aromatic carbocycles. The lowest BCUT2D eigenvalue weighted by Crippen LogP contribution is -2.54. The van der Waals surface area contributed by atoms with E-state index in [1.165, 1.54) is 19.3 Å². The van der Waals surface area contributed by atoms with Crippen molar-refractivity contribution in [1.29, 1.82) is 0 Å². The number of likely N-dealkylation sites (N-methyl/N-ethyl adjacent to an activating group) is 1. The predicted octanol–water partition coefficient (Wildman–Crippen LogP) is 1.01. The van der Waals surface area contributed by atoms with Crippen molar-refractivity contribution < 1.29 is 4.79 Å². The van der Waals surface area contributed by atoms with Crippen LogP contribution >= 0.6 is 12.4 Å². The molecule has 0 aromatic rings. The second-order valence-electron chi connectivity index (χ2n) is 5.17. The molecule has 1 aliphatic heterocycles. The number of amides is 1. The minimum absolute atomic E-state index is 0. The van der Waals surface area contributed by atoms with Gasteiger partial charge in [-0.2, -0.15) is 0 Å². The van der Waals surface area contributed by atoms with Crippen LogP contribution in [0.25, 0.3) is 0 Å². The average Bonchev–Trinajstić information content (AvgIpc) is 2.28. The van der Waals surface area contributed by atoms with Crippen LogP contribution in [0, 0.1) is 0 Å². The molecule has 0 radical (unpaired) electrons. The third-order valence-electron chi connectivity index (χ3n) is 3.27. The van der Waals surface area contributed by atoms with E-state index in [1.807, 2.05) is 0 Å². The summed E-state index contributed by atoms with van der Waals surface area (Å²) in [4.78, 5) is 13.9. The van der Waals surface area contributed by atoms with Crippen molar-refractivity contribution in [3.05, 3.63) is 0 Å². The summed E-state index contributed by atoms with van der Waals surface area (Å²) in [6.45, 7) is 7.86. The fraction of sp³-hybridized carbons (Fsp3) is 0.917. The number of piperidine rings is 1. The highest BCUT2D eigenvalue weighted by molar-refractivity contribution is 5.85. The molecule has 0 atom stereocenters. The lowest BCUT2D eigenvalue weighted by Gasteiger charge is -2.41. The van der Waals surface area contributed by atoms with Gasteiger partial charge in [0.2, 0.25) is 5.91 Å². The zero-order chi connectivity index (χ0) is 12.0. The van der Waals surface area contributed by atoms with Gasteiger partial charge in [-0.05, 0) is 46.8 Å². The molecule has 1 rings (SSSR count). The van der Waals surface area contributed by atoms with Gasteiger partial charge in [0.15, 0.2) is 0 Å². The molecule has 1 fully saturated rings. The van der Waals surface area contributed by atoms with Gasteiger partial charge in [-0.15, -0.1) is 12.4 Å². The molecule has 0 spiro atoms. The Bertz CT molecular complexity index is 228. The van der Waals surface area contributed by atoms with Crippen LogP contribution in [0.2, 0.25) is 0 Å². The minimum Gasteiger partial charge on any atom is -0.353 e. The lowest BCUT2D eigenvalue weighted by molar-refractivity contribution is -0.120. The third-order valence-corrected chi connectivity index (χ3v) is 3.27. The first-order valence-electron chi connectivity index (χ1n) is 6.22. The molecular weight excluding hydrogens is 238 g/mol. The van der Waals surface area contributed by atoms with Gasteiger partial charge in [-0.3, -0.25) is 9.69 Å². The van der Waals surface area contributed by atoms with Gasteiger partial charge >= 0.3 is 0 Å². The number of rotatable bonds is 5. The number of carbonyl (C=O) groups excluding carboxylic acids is 1. The zero-order valence-electron chi connectivity index (χ0n) is 11.2. The molecule has 17 heavy (non-hydrogen) atoms. The van der Waals surface area contributed by atoms with Gasteiger partial charge < -0.3 is 10.6 Å². The van der Waals surface area contributed by atoms with E-state index in [-0.39, 0.29) is 23.9 Å². The van der Waals surface area contributed by atoms with Crippen molar-refractivity contribution in [2.24, 2.45) is 0 Å². The molecule has 0 aliphatic carbocycles. The molecule has 1 saturated heterocycles. The maximum atomic E-state index is 11.4. The Morgan fingerprint density at radius 3 is 2.35 bits per heavy atom. The first kappa shape index (κ1) is 16.7. The average molecular weight is 264 g/mol. The summed E-state index contributed by atoms with van der Waals surface area (Å²) >= 11 is 0. The van der Waals surface area contributed by atoms with E-state index in [1.54, 1.807) is 7.05 Å². The Kier molecular flexibility index (Phi) is 7.75. The van der Waals surface area contributed by atoms with Gasteiger partial charge in [0.25, 0.3) is 0 Å². The van der Waals surface area contributed by atoms with Gasteiger partial charge in [0, 0.05) is 12.1 Å². The molecule has 4 nitrogen and oxygen atoms in total. The van der Waals surface area contributed by atoms with Crippen LogP contribution in [-0.2, 0) is 4.79 Å². The standard InChI is InChI=1S/C12H25N3O.ClH/c1-12(2,10-14-11(16)9-13-3)15-7-5-4-6-8-15;/h13H,4-10H2,1-3H3,(H,14,16);1H. The highest BCUT2D eigenvalue weighted by Crippen LogP contribution is 2.19. The fourth-order valence-corrected chi connectivity index (χ4v) is 2.15. The maximum Gasteiger partial charge on any atom is 0.234 e. The molecule has 102 valence electrons. The van der Waals surface area contributed by atoms with Crippen molar-refractivity contribution in [3.8, 4) is 0 Å². The van der Waals surface area contributed by atoms with Crippen LogP contribution in [-0.4, -0.2) is 49.6 Å². The predicted molar refractivity (Wildman–Crippen MR) is 73.7 cm³/mol. The summed E-state index contributed by atoms with van der Waals surface area (Å²) in [5.41, 5.74) is 0.0732. The van der Waals surface area contributed by atoms with Crippen LogP contribution in [0.4, 0.5) is 0 Å². The Balaban J connectivity index is 0.00000256. The first-order valence-corrected chi connectivity index (χ1v) is 6.22. The van der Waals surface area contributed by atoms with E-state index in [2.05, 4.69) is 29.4 Å². The van der Waals surface area contributed by atoms with Crippen LogP contribution in [0.1, 0.15) is 33.1 Å². The molecular formula is C12H26ClN3O. The van der Waals surface area contributed by atoms with E-state index >= 15 is 0 Å². The lowest BCUT2D eigenvalue weighted by atomic mass is 9.98.